The lowest BCUT2D eigenvalue weighted by Gasteiger charge is -2.33. The quantitative estimate of drug-likeness (QED) is 0.796. The molecule has 7 heteroatoms. The Morgan fingerprint density at radius 1 is 0.929 bits per heavy atom. The fourth-order valence-electron chi connectivity index (χ4n) is 3.85. The predicted molar refractivity (Wildman–Crippen MR) is 107 cm³/mol. The first-order valence-electron chi connectivity index (χ1n) is 9.53. The van der Waals surface area contributed by atoms with Crippen LogP contribution in [-0.2, 0) is 14.8 Å². The number of rotatable bonds is 4. The Morgan fingerprint density at radius 3 is 2.18 bits per heavy atom. The predicted octanol–water partition coefficient (Wildman–Crippen LogP) is 3.05. The molecule has 2 aliphatic heterocycles. The van der Waals surface area contributed by atoms with Crippen LogP contribution in [0.4, 0.5) is 0 Å². The van der Waals surface area contributed by atoms with Crippen LogP contribution in [0.2, 0.25) is 0 Å². The van der Waals surface area contributed by atoms with Crippen LogP contribution < -0.4 is 0 Å². The summed E-state index contributed by atoms with van der Waals surface area (Å²) in [6.45, 7) is 0.697. The summed E-state index contributed by atoms with van der Waals surface area (Å²) in [6.07, 6.45) is 3.51. The SMILES string of the molecule is O=C(C1CCN(S(=O)(=O)c2ccccc2)CC1)N1N=CCC1c1ccccc1. The minimum absolute atomic E-state index is 0.0145. The van der Waals surface area contributed by atoms with Crippen molar-refractivity contribution >= 4 is 22.1 Å². The fraction of sp³-hybridized carbons (Fsp3) is 0.333. The maximum absolute atomic E-state index is 13.1. The topological polar surface area (TPSA) is 70.1 Å². The van der Waals surface area contributed by atoms with Crippen LogP contribution in [0.25, 0.3) is 0 Å². The molecule has 146 valence electrons. The molecule has 0 saturated carbocycles. The van der Waals surface area contributed by atoms with Crippen LogP contribution in [0.15, 0.2) is 70.7 Å². The average molecular weight is 398 g/mol. The molecule has 2 aromatic rings. The Labute approximate surface area is 165 Å². The van der Waals surface area contributed by atoms with E-state index in [4.69, 9.17) is 0 Å². The number of hydrogen-bond acceptors (Lipinski definition) is 4. The van der Waals surface area contributed by atoms with E-state index in [1.54, 1.807) is 41.6 Å². The van der Waals surface area contributed by atoms with Crippen molar-refractivity contribution in [3.05, 3.63) is 66.2 Å². The molecule has 0 spiro atoms. The van der Waals surface area contributed by atoms with Crippen molar-refractivity contribution in [1.29, 1.82) is 0 Å². The van der Waals surface area contributed by atoms with Crippen molar-refractivity contribution in [2.24, 2.45) is 11.0 Å². The van der Waals surface area contributed by atoms with Gasteiger partial charge in [-0.3, -0.25) is 4.79 Å². The highest BCUT2D eigenvalue weighted by Gasteiger charge is 2.37. The molecule has 0 N–H and O–H groups in total. The van der Waals surface area contributed by atoms with Crippen molar-refractivity contribution in [3.8, 4) is 0 Å². The molecule has 0 bridgehead atoms. The zero-order chi connectivity index (χ0) is 19.6. The molecule has 1 amide bonds. The lowest BCUT2D eigenvalue weighted by atomic mass is 9.95. The van der Waals surface area contributed by atoms with Crippen LogP contribution in [0.5, 0.6) is 0 Å². The van der Waals surface area contributed by atoms with Crippen LogP contribution in [0, 0.1) is 5.92 Å². The number of sulfonamides is 1. The van der Waals surface area contributed by atoms with E-state index in [1.807, 2.05) is 30.3 Å². The molecule has 0 aliphatic carbocycles. The Bertz CT molecular complexity index is 953. The summed E-state index contributed by atoms with van der Waals surface area (Å²) in [6, 6.07) is 18.3. The summed E-state index contributed by atoms with van der Waals surface area (Å²) in [5, 5.41) is 5.90. The first-order valence-corrected chi connectivity index (χ1v) is 11.0. The lowest BCUT2D eigenvalue weighted by molar-refractivity contribution is -0.138. The standard InChI is InChI=1S/C21H23N3O3S/c25-21(24-20(11-14-22-24)17-7-3-1-4-8-17)18-12-15-23(16-13-18)28(26,27)19-9-5-2-6-10-19/h1-10,14,18,20H,11-13,15-16H2. The number of benzene rings is 2. The van der Waals surface area contributed by atoms with Gasteiger partial charge in [-0.1, -0.05) is 48.5 Å². The molecule has 28 heavy (non-hydrogen) atoms. The van der Waals surface area contributed by atoms with Gasteiger partial charge in [0, 0.05) is 31.6 Å². The monoisotopic (exact) mass is 397 g/mol. The number of carbonyl (C=O) groups is 1. The summed E-state index contributed by atoms with van der Waals surface area (Å²) < 4.78 is 27.0. The Balaban J connectivity index is 1.42. The summed E-state index contributed by atoms with van der Waals surface area (Å²) in [5.41, 5.74) is 1.07. The van der Waals surface area contributed by atoms with Gasteiger partial charge in [0.2, 0.25) is 15.9 Å². The van der Waals surface area contributed by atoms with Crippen LogP contribution in [-0.4, -0.2) is 42.9 Å². The molecular weight excluding hydrogens is 374 g/mol. The lowest BCUT2D eigenvalue weighted by Crippen LogP contribution is -2.43. The van der Waals surface area contributed by atoms with E-state index in [2.05, 4.69) is 5.10 Å². The second-order valence-electron chi connectivity index (χ2n) is 7.13. The zero-order valence-electron chi connectivity index (χ0n) is 15.5. The third-order valence-electron chi connectivity index (χ3n) is 5.42. The number of carbonyl (C=O) groups excluding carboxylic acids is 1. The number of nitrogens with zero attached hydrogens (tertiary/aromatic N) is 3. The van der Waals surface area contributed by atoms with Crippen LogP contribution in [0.3, 0.4) is 0 Å². The molecule has 1 saturated heterocycles. The van der Waals surface area contributed by atoms with E-state index in [0.717, 1.165) is 5.56 Å². The van der Waals surface area contributed by atoms with E-state index < -0.39 is 10.0 Å². The average Bonchev–Trinajstić information content (AvgIpc) is 3.24. The normalized spacial score (nSPS) is 21.1. The van der Waals surface area contributed by atoms with Gasteiger partial charge in [0.25, 0.3) is 0 Å². The van der Waals surface area contributed by atoms with Crippen molar-refractivity contribution in [2.75, 3.05) is 13.1 Å². The van der Waals surface area contributed by atoms with Gasteiger partial charge >= 0.3 is 0 Å². The van der Waals surface area contributed by atoms with Crippen molar-refractivity contribution in [1.82, 2.24) is 9.31 Å². The highest BCUT2D eigenvalue weighted by Crippen LogP contribution is 2.32. The maximum atomic E-state index is 13.1. The molecule has 0 radical (unpaired) electrons. The van der Waals surface area contributed by atoms with Gasteiger partial charge in [0.15, 0.2) is 0 Å². The molecule has 2 aromatic carbocycles. The summed E-state index contributed by atoms with van der Waals surface area (Å²) in [7, 11) is -3.51. The summed E-state index contributed by atoms with van der Waals surface area (Å²) >= 11 is 0. The third kappa shape index (κ3) is 3.59. The second kappa shape index (κ2) is 7.85. The highest BCUT2D eigenvalue weighted by atomic mass is 32.2. The van der Waals surface area contributed by atoms with Crippen LogP contribution in [0.1, 0.15) is 30.9 Å². The third-order valence-corrected chi connectivity index (χ3v) is 7.34. The van der Waals surface area contributed by atoms with Crippen molar-refractivity contribution in [3.63, 3.8) is 0 Å². The summed E-state index contributed by atoms with van der Waals surface area (Å²) in [5.74, 6) is -0.219. The van der Waals surface area contributed by atoms with Crippen molar-refractivity contribution in [2.45, 2.75) is 30.2 Å². The van der Waals surface area contributed by atoms with Gasteiger partial charge in [-0.2, -0.15) is 9.41 Å². The maximum Gasteiger partial charge on any atom is 0.246 e. The first-order chi connectivity index (χ1) is 13.6. The molecule has 4 rings (SSSR count). The van der Waals surface area contributed by atoms with Gasteiger partial charge < -0.3 is 0 Å². The second-order valence-corrected chi connectivity index (χ2v) is 9.07. The molecule has 2 heterocycles. The number of piperidine rings is 1. The molecule has 2 aliphatic rings. The molecular formula is C21H23N3O3S. The van der Waals surface area contributed by atoms with E-state index in [1.165, 1.54) is 4.31 Å². The number of amides is 1. The Hall–Kier alpha value is -2.51. The minimum atomic E-state index is -3.51. The first kappa shape index (κ1) is 18.8. The summed E-state index contributed by atoms with van der Waals surface area (Å²) in [4.78, 5) is 13.4. The molecule has 1 unspecified atom stereocenters. The van der Waals surface area contributed by atoms with Gasteiger partial charge in [-0.15, -0.1) is 0 Å². The number of hydrogen-bond donors (Lipinski definition) is 0. The van der Waals surface area contributed by atoms with Gasteiger partial charge in [0.05, 0.1) is 10.9 Å². The van der Waals surface area contributed by atoms with Gasteiger partial charge in [-0.05, 0) is 30.5 Å². The van der Waals surface area contributed by atoms with E-state index >= 15 is 0 Å². The van der Waals surface area contributed by atoms with E-state index in [0.29, 0.717) is 37.2 Å². The largest absolute Gasteiger partial charge is 0.273 e. The van der Waals surface area contributed by atoms with Gasteiger partial charge in [-0.25, -0.2) is 13.4 Å². The highest BCUT2D eigenvalue weighted by molar-refractivity contribution is 7.89. The molecule has 0 aromatic heterocycles. The Kier molecular flexibility index (Phi) is 5.28. The molecule has 1 atom stereocenters. The van der Waals surface area contributed by atoms with Crippen LogP contribution >= 0.6 is 0 Å². The van der Waals surface area contributed by atoms with Gasteiger partial charge in [0.1, 0.15) is 0 Å². The number of hydrazone groups is 1. The van der Waals surface area contributed by atoms with Crippen molar-refractivity contribution < 1.29 is 13.2 Å². The molecule has 6 nitrogen and oxygen atoms in total. The van der Waals surface area contributed by atoms with E-state index in [-0.39, 0.29) is 17.9 Å². The Morgan fingerprint density at radius 2 is 1.54 bits per heavy atom. The minimum Gasteiger partial charge on any atom is -0.273 e. The fourth-order valence-corrected chi connectivity index (χ4v) is 5.34. The zero-order valence-corrected chi connectivity index (χ0v) is 16.3. The smallest absolute Gasteiger partial charge is 0.246 e. The molecule has 1 fully saturated rings. The van der Waals surface area contributed by atoms with E-state index in [9.17, 15) is 13.2 Å².